The van der Waals surface area contributed by atoms with Gasteiger partial charge in [-0.05, 0) is 36.6 Å². The Hall–Kier alpha value is -1.25. The third kappa shape index (κ3) is 2.92. The molecule has 0 spiro atoms. The lowest BCUT2D eigenvalue weighted by Crippen LogP contribution is -2.04. The van der Waals surface area contributed by atoms with E-state index in [2.05, 4.69) is 38.5 Å². The zero-order valence-corrected chi connectivity index (χ0v) is 13.5. The summed E-state index contributed by atoms with van der Waals surface area (Å²) in [5, 5.41) is 16.5. The molecule has 3 heterocycles. The molecule has 104 valence electrons. The molecule has 0 amide bonds. The van der Waals surface area contributed by atoms with Crippen LogP contribution in [0.25, 0.3) is 10.2 Å². The average molecular weight is 323 g/mol. The highest BCUT2D eigenvalue weighted by Crippen LogP contribution is 2.35. The molecule has 0 unspecified atom stereocenters. The normalized spacial score (nSPS) is 11.1. The second-order valence-corrected chi connectivity index (χ2v) is 7.42. The van der Waals surface area contributed by atoms with E-state index in [-0.39, 0.29) is 0 Å². The van der Waals surface area contributed by atoms with Crippen molar-refractivity contribution in [3.8, 4) is 0 Å². The Morgan fingerprint density at radius 3 is 2.95 bits per heavy atom. The van der Waals surface area contributed by atoms with E-state index in [1.165, 1.54) is 0 Å². The highest BCUT2D eigenvalue weighted by molar-refractivity contribution is 8.01. The van der Waals surface area contributed by atoms with Crippen molar-refractivity contribution in [3.63, 3.8) is 0 Å². The van der Waals surface area contributed by atoms with E-state index in [9.17, 15) is 0 Å². The predicted molar refractivity (Wildman–Crippen MR) is 85.0 cm³/mol. The Labute approximate surface area is 128 Å². The van der Waals surface area contributed by atoms with Gasteiger partial charge in [0.25, 0.3) is 0 Å². The minimum atomic E-state index is 0.686. The summed E-state index contributed by atoms with van der Waals surface area (Å²) in [4.78, 5) is 10.1. The van der Waals surface area contributed by atoms with Gasteiger partial charge in [0.15, 0.2) is 4.34 Å². The standard InChI is InChI=1S/C12H13N5S3/c1-3-5-13-11-14-9-8(4-6-18-9)10(15-11)20-12-17-16-7(2)19-12/h4,6H,3,5H2,1-2H3,(H,13,14,15). The number of hydrogen-bond donors (Lipinski definition) is 1. The van der Waals surface area contributed by atoms with Crippen molar-refractivity contribution < 1.29 is 0 Å². The number of anilines is 1. The van der Waals surface area contributed by atoms with Crippen LogP contribution in [0.5, 0.6) is 0 Å². The van der Waals surface area contributed by atoms with Crippen LogP contribution in [0.15, 0.2) is 20.8 Å². The van der Waals surface area contributed by atoms with Gasteiger partial charge in [0, 0.05) is 11.9 Å². The SMILES string of the molecule is CCCNc1nc(Sc2nnc(C)s2)c2ccsc2n1. The number of aromatic nitrogens is 4. The van der Waals surface area contributed by atoms with Crippen LogP contribution in [0.2, 0.25) is 0 Å². The van der Waals surface area contributed by atoms with E-state index in [1.54, 1.807) is 34.4 Å². The molecular weight excluding hydrogens is 310 g/mol. The Bertz CT molecular complexity index is 721. The molecule has 1 N–H and O–H groups in total. The van der Waals surface area contributed by atoms with Gasteiger partial charge in [-0.3, -0.25) is 0 Å². The van der Waals surface area contributed by atoms with Crippen molar-refractivity contribution in [1.29, 1.82) is 0 Å². The second-order valence-electron chi connectivity index (χ2n) is 4.11. The van der Waals surface area contributed by atoms with Crippen molar-refractivity contribution in [2.45, 2.75) is 29.6 Å². The number of nitrogens with zero attached hydrogens (tertiary/aromatic N) is 4. The smallest absolute Gasteiger partial charge is 0.225 e. The minimum Gasteiger partial charge on any atom is -0.354 e. The van der Waals surface area contributed by atoms with Gasteiger partial charge in [0.2, 0.25) is 5.95 Å². The van der Waals surface area contributed by atoms with E-state index in [0.717, 1.165) is 37.6 Å². The fourth-order valence-electron chi connectivity index (χ4n) is 1.62. The first-order chi connectivity index (χ1) is 9.76. The van der Waals surface area contributed by atoms with Gasteiger partial charge in [-0.1, -0.05) is 18.3 Å². The largest absolute Gasteiger partial charge is 0.354 e. The molecule has 0 atom stereocenters. The highest BCUT2D eigenvalue weighted by atomic mass is 32.2. The molecule has 0 aliphatic rings. The number of thiophene rings is 1. The number of nitrogens with one attached hydrogen (secondary N) is 1. The summed E-state index contributed by atoms with van der Waals surface area (Å²) >= 11 is 4.76. The fraction of sp³-hybridized carbons (Fsp3) is 0.333. The van der Waals surface area contributed by atoms with Crippen molar-refractivity contribution in [2.24, 2.45) is 0 Å². The van der Waals surface area contributed by atoms with Crippen LogP contribution >= 0.6 is 34.4 Å². The zero-order chi connectivity index (χ0) is 13.9. The van der Waals surface area contributed by atoms with Crippen LogP contribution in [-0.2, 0) is 0 Å². The van der Waals surface area contributed by atoms with E-state index >= 15 is 0 Å². The quantitative estimate of drug-likeness (QED) is 0.720. The number of aryl methyl sites for hydroxylation is 1. The van der Waals surface area contributed by atoms with E-state index in [1.807, 2.05) is 12.3 Å². The Morgan fingerprint density at radius 1 is 1.30 bits per heavy atom. The van der Waals surface area contributed by atoms with Gasteiger partial charge in [0.05, 0.1) is 0 Å². The molecule has 20 heavy (non-hydrogen) atoms. The summed E-state index contributed by atoms with van der Waals surface area (Å²) in [5.74, 6) is 0.686. The van der Waals surface area contributed by atoms with Gasteiger partial charge in [0.1, 0.15) is 14.9 Å². The molecule has 8 heteroatoms. The van der Waals surface area contributed by atoms with Gasteiger partial charge in [-0.25, -0.2) is 9.97 Å². The summed E-state index contributed by atoms with van der Waals surface area (Å²) in [7, 11) is 0. The maximum atomic E-state index is 4.60. The summed E-state index contributed by atoms with van der Waals surface area (Å²) in [6, 6.07) is 2.06. The van der Waals surface area contributed by atoms with Gasteiger partial charge < -0.3 is 5.32 Å². The Balaban J connectivity index is 1.96. The molecule has 0 bridgehead atoms. The first kappa shape index (κ1) is 13.7. The third-order valence-corrected chi connectivity index (χ3v) is 5.22. The number of fused-ring (bicyclic) bond motifs is 1. The van der Waals surface area contributed by atoms with E-state index in [0.29, 0.717) is 5.95 Å². The van der Waals surface area contributed by atoms with Gasteiger partial charge in [-0.15, -0.1) is 21.5 Å². The Morgan fingerprint density at radius 2 is 2.20 bits per heavy atom. The second kappa shape index (κ2) is 6.02. The number of hydrogen-bond acceptors (Lipinski definition) is 8. The van der Waals surface area contributed by atoms with Crippen LogP contribution in [0.4, 0.5) is 5.95 Å². The molecule has 0 aromatic carbocycles. The van der Waals surface area contributed by atoms with Crippen LogP contribution < -0.4 is 5.32 Å². The lowest BCUT2D eigenvalue weighted by Gasteiger charge is -2.05. The summed E-state index contributed by atoms with van der Waals surface area (Å²) < 4.78 is 0.912. The van der Waals surface area contributed by atoms with Crippen molar-refractivity contribution >= 4 is 50.6 Å². The van der Waals surface area contributed by atoms with Crippen molar-refractivity contribution in [2.75, 3.05) is 11.9 Å². The average Bonchev–Trinajstić information content (AvgIpc) is 3.05. The van der Waals surface area contributed by atoms with Crippen LogP contribution in [-0.4, -0.2) is 26.7 Å². The van der Waals surface area contributed by atoms with Crippen molar-refractivity contribution in [1.82, 2.24) is 20.2 Å². The van der Waals surface area contributed by atoms with E-state index < -0.39 is 0 Å². The van der Waals surface area contributed by atoms with E-state index in [4.69, 9.17) is 0 Å². The molecular formula is C12H13N5S3. The lowest BCUT2D eigenvalue weighted by atomic mass is 10.4. The van der Waals surface area contributed by atoms with Crippen LogP contribution in [0.3, 0.4) is 0 Å². The predicted octanol–water partition coefficient (Wildman–Crippen LogP) is 3.82. The summed E-state index contributed by atoms with van der Waals surface area (Å²) in [6.07, 6.45) is 1.05. The molecule has 0 saturated carbocycles. The monoisotopic (exact) mass is 323 g/mol. The fourth-order valence-corrected chi connectivity index (χ4v) is 4.29. The molecule has 0 aliphatic carbocycles. The maximum absolute atomic E-state index is 4.60. The maximum Gasteiger partial charge on any atom is 0.225 e. The molecule has 3 rings (SSSR count). The topological polar surface area (TPSA) is 63.6 Å². The Kier molecular flexibility index (Phi) is 4.13. The minimum absolute atomic E-state index is 0.686. The third-order valence-electron chi connectivity index (χ3n) is 2.51. The molecule has 5 nitrogen and oxygen atoms in total. The summed E-state index contributed by atoms with van der Waals surface area (Å²) in [5.41, 5.74) is 0. The molecule has 3 aromatic rings. The summed E-state index contributed by atoms with van der Waals surface area (Å²) in [6.45, 7) is 4.95. The molecule has 0 fully saturated rings. The molecule has 0 radical (unpaired) electrons. The van der Waals surface area contributed by atoms with Gasteiger partial charge >= 0.3 is 0 Å². The van der Waals surface area contributed by atoms with Gasteiger partial charge in [-0.2, -0.15) is 0 Å². The highest BCUT2D eigenvalue weighted by Gasteiger charge is 2.12. The first-order valence-corrected chi connectivity index (χ1v) is 8.74. The zero-order valence-electron chi connectivity index (χ0n) is 11.1. The lowest BCUT2D eigenvalue weighted by molar-refractivity contribution is 0.945. The van der Waals surface area contributed by atoms with Crippen LogP contribution in [0, 0.1) is 6.92 Å². The molecule has 0 aliphatic heterocycles. The van der Waals surface area contributed by atoms with Crippen LogP contribution in [0.1, 0.15) is 18.4 Å². The first-order valence-electron chi connectivity index (χ1n) is 6.23. The molecule has 0 saturated heterocycles. The van der Waals surface area contributed by atoms with Crippen molar-refractivity contribution in [3.05, 3.63) is 16.5 Å². The number of rotatable bonds is 5. The molecule has 3 aromatic heterocycles.